The van der Waals surface area contributed by atoms with E-state index in [4.69, 9.17) is 4.74 Å². The van der Waals surface area contributed by atoms with Crippen molar-refractivity contribution in [1.82, 2.24) is 4.90 Å². The first kappa shape index (κ1) is 21.1. The van der Waals surface area contributed by atoms with Crippen LogP contribution in [0.25, 0.3) is 5.76 Å². The van der Waals surface area contributed by atoms with Gasteiger partial charge in [0, 0.05) is 11.6 Å². The van der Waals surface area contributed by atoms with E-state index in [0.29, 0.717) is 16.9 Å². The van der Waals surface area contributed by atoms with Gasteiger partial charge in [0.05, 0.1) is 17.7 Å². The molecule has 2 fully saturated rings. The van der Waals surface area contributed by atoms with E-state index in [1.54, 1.807) is 41.3 Å². The molecule has 0 aromatic heterocycles. The van der Waals surface area contributed by atoms with Gasteiger partial charge in [0.15, 0.2) is 0 Å². The molecule has 5 nitrogen and oxygen atoms in total. The van der Waals surface area contributed by atoms with Crippen LogP contribution in [0.5, 0.6) is 5.75 Å². The predicted octanol–water partition coefficient (Wildman–Crippen LogP) is 4.98. The van der Waals surface area contributed by atoms with Crippen molar-refractivity contribution in [2.45, 2.75) is 57.7 Å². The Morgan fingerprint density at radius 2 is 1.77 bits per heavy atom. The number of nitrogens with zero attached hydrogens (tertiary/aromatic N) is 1. The van der Waals surface area contributed by atoms with Gasteiger partial charge < -0.3 is 14.7 Å². The molecule has 0 spiro atoms. The Kier molecular flexibility index (Phi) is 5.81. The molecular formula is C25H26FNO4. The Morgan fingerprint density at radius 1 is 1.10 bits per heavy atom. The Bertz CT molecular complexity index is 1020. The number of likely N-dealkylation sites (tertiary alicyclic amines) is 1. The van der Waals surface area contributed by atoms with Gasteiger partial charge in [-0.3, -0.25) is 9.59 Å². The number of carbonyl (C=O) groups excluding carboxylic acids is 2. The smallest absolute Gasteiger partial charge is 0.295 e. The zero-order valence-electron chi connectivity index (χ0n) is 17.7. The monoisotopic (exact) mass is 423 g/mol. The summed E-state index contributed by atoms with van der Waals surface area (Å²) in [4.78, 5) is 27.7. The van der Waals surface area contributed by atoms with Crippen molar-refractivity contribution in [2.24, 2.45) is 0 Å². The third-order valence-electron chi connectivity index (χ3n) is 5.86. The number of Topliss-reactive ketones (excluding diaryl/α,β-unsaturated/α-hetero) is 1. The molecule has 1 aliphatic heterocycles. The fraction of sp³-hybridized carbons (Fsp3) is 0.360. The molecule has 2 aromatic carbocycles. The molecule has 162 valence electrons. The molecule has 2 aliphatic rings. The highest BCUT2D eigenvalue weighted by Crippen LogP contribution is 2.43. The lowest BCUT2D eigenvalue weighted by Crippen LogP contribution is -2.37. The minimum atomic E-state index is -0.752. The summed E-state index contributed by atoms with van der Waals surface area (Å²) in [6.07, 6.45) is 3.53. The van der Waals surface area contributed by atoms with Crippen molar-refractivity contribution in [3.05, 3.63) is 71.0 Å². The van der Waals surface area contributed by atoms with Gasteiger partial charge in [0.25, 0.3) is 11.7 Å². The van der Waals surface area contributed by atoms with Crippen molar-refractivity contribution >= 4 is 17.4 Å². The molecule has 1 aliphatic carbocycles. The highest BCUT2D eigenvalue weighted by Gasteiger charge is 2.49. The normalized spacial score (nSPS) is 21.3. The minimum Gasteiger partial charge on any atom is -0.507 e. The van der Waals surface area contributed by atoms with E-state index in [0.717, 1.165) is 25.7 Å². The van der Waals surface area contributed by atoms with Gasteiger partial charge in [-0.2, -0.15) is 0 Å². The van der Waals surface area contributed by atoms with E-state index in [1.807, 2.05) is 13.8 Å². The van der Waals surface area contributed by atoms with Crippen molar-refractivity contribution in [2.75, 3.05) is 0 Å². The Labute approximate surface area is 181 Å². The summed E-state index contributed by atoms with van der Waals surface area (Å²) in [7, 11) is 0. The summed E-state index contributed by atoms with van der Waals surface area (Å²) in [6.45, 7) is 3.79. The van der Waals surface area contributed by atoms with Crippen LogP contribution in [0.3, 0.4) is 0 Å². The van der Waals surface area contributed by atoms with Crippen LogP contribution < -0.4 is 4.74 Å². The minimum absolute atomic E-state index is 0.0326. The van der Waals surface area contributed by atoms with Crippen LogP contribution in [-0.4, -0.2) is 33.8 Å². The zero-order chi connectivity index (χ0) is 22.1. The van der Waals surface area contributed by atoms with Gasteiger partial charge >= 0.3 is 0 Å². The molecule has 6 heteroatoms. The van der Waals surface area contributed by atoms with E-state index < -0.39 is 23.5 Å². The Balaban J connectivity index is 1.84. The number of amides is 1. The number of ketones is 1. The van der Waals surface area contributed by atoms with Crippen molar-refractivity contribution in [3.63, 3.8) is 0 Å². The Hall–Kier alpha value is -3.15. The number of ether oxygens (including phenoxy) is 1. The number of aliphatic hydroxyl groups excluding tert-OH is 1. The van der Waals surface area contributed by atoms with Crippen LogP contribution >= 0.6 is 0 Å². The topological polar surface area (TPSA) is 66.8 Å². The second-order valence-electron chi connectivity index (χ2n) is 8.39. The molecule has 0 bridgehead atoms. The van der Waals surface area contributed by atoms with Crippen LogP contribution in [0.1, 0.15) is 56.7 Å². The van der Waals surface area contributed by atoms with Crippen LogP contribution in [0, 0.1) is 5.82 Å². The van der Waals surface area contributed by atoms with E-state index >= 15 is 0 Å². The second-order valence-corrected chi connectivity index (χ2v) is 8.39. The molecular weight excluding hydrogens is 397 g/mol. The summed E-state index contributed by atoms with van der Waals surface area (Å²) in [5.74, 6) is -1.42. The number of benzene rings is 2. The summed E-state index contributed by atoms with van der Waals surface area (Å²) >= 11 is 0. The van der Waals surface area contributed by atoms with E-state index in [-0.39, 0.29) is 23.5 Å². The third-order valence-corrected chi connectivity index (χ3v) is 5.86. The van der Waals surface area contributed by atoms with Gasteiger partial charge in [-0.25, -0.2) is 4.39 Å². The number of hydrogen-bond acceptors (Lipinski definition) is 4. The van der Waals surface area contributed by atoms with Crippen molar-refractivity contribution in [3.8, 4) is 5.75 Å². The maximum atomic E-state index is 13.6. The molecule has 1 saturated heterocycles. The maximum Gasteiger partial charge on any atom is 0.295 e. The van der Waals surface area contributed by atoms with Crippen molar-refractivity contribution in [1.29, 1.82) is 0 Å². The van der Waals surface area contributed by atoms with Crippen LogP contribution in [0.4, 0.5) is 4.39 Å². The summed E-state index contributed by atoms with van der Waals surface area (Å²) < 4.78 is 19.3. The lowest BCUT2D eigenvalue weighted by molar-refractivity contribution is -0.141. The molecule has 1 atom stereocenters. The lowest BCUT2D eigenvalue weighted by atomic mass is 9.94. The number of carbonyl (C=O) groups is 2. The number of aliphatic hydroxyl groups is 1. The van der Waals surface area contributed by atoms with Gasteiger partial charge in [-0.05, 0) is 56.5 Å². The molecule has 1 unspecified atom stereocenters. The standard InChI is InChI=1S/C25H26FNO4/c1-15(2)31-20-9-5-6-17(14-20)23(28)21-22(16-10-12-18(26)13-11-16)27(25(30)24(21)29)19-7-3-4-8-19/h5-6,9-15,19,22,28H,3-4,7-8H2,1-2H3/b23-21-. The molecule has 1 saturated carbocycles. The summed E-state index contributed by atoms with van der Waals surface area (Å²) in [5.41, 5.74) is 1.03. The third kappa shape index (κ3) is 4.07. The average molecular weight is 423 g/mol. The number of halogens is 1. The maximum absolute atomic E-state index is 13.6. The van der Waals surface area contributed by atoms with Gasteiger partial charge in [-0.1, -0.05) is 37.1 Å². The van der Waals surface area contributed by atoms with Gasteiger partial charge in [0.1, 0.15) is 17.3 Å². The predicted molar refractivity (Wildman–Crippen MR) is 115 cm³/mol. The highest BCUT2D eigenvalue weighted by atomic mass is 19.1. The molecule has 0 radical (unpaired) electrons. The van der Waals surface area contributed by atoms with Gasteiger partial charge in [0.2, 0.25) is 0 Å². The molecule has 1 N–H and O–H groups in total. The first-order valence-corrected chi connectivity index (χ1v) is 10.7. The number of rotatable bonds is 5. The SMILES string of the molecule is CC(C)Oc1cccc(/C(O)=C2/C(=O)C(=O)N(C3CCCC3)C2c2ccc(F)cc2)c1. The molecule has 1 amide bonds. The van der Waals surface area contributed by atoms with E-state index in [2.05, 4.69) is 0 Å². The van der Waals surface area contributed by atoms with Crippen molar-refractivity contribution < 1.29 is 23.8 Å². The second kappa shape index (κ2) is 8.53. The van der Waals surface area contributed by atoms with Crippen LogP contribution in [0.2, 0.25) is 0 Å². The van der Waals surface area contributed by atoms with Crippen LogP contribution in [-0.2, 0) is 9.59 Å². The fourth-order valence-corrected chi connectivity index (χ4v) is 4.53. The summed E-state index contributed by atoms with van der Waals surface area (Å²) in [6, 6.07) is 11.7. The largest absolute Gasteiger partial charge is 0.507 e. The summed E-state index contributed by atoms with van der Waals surface area (Å²) in [5, 5.41) is 11.2. The quantitative estimate of drug-likeness (QED) is 0.419. The lowest BCUT2D eigenvalue weighted by Gasteiger charge is -2.30. The van der Waals surface area contributed by atoms with Gasteiger partial charge in [-0.15, -0.1) is 0 Å². The molecule has 4 rings (SSSR count). The number of hydrogen-bond donors (Lipinski definition) is 1. The molecule has 2 aromatic rings. The van der Waals surface area contributed by atoms with Crippen LogP contribution in [0.15, 0.2) is 54.1 Å². The molecule has 1 heterocycles. The first-order valence-electron chi connectivity index (χ1n) is 10.7. The zero-order valence-corrected chi connectivity index (χ0v) is 17.7. The Morgan fingerprint density at radius 3 is 2.42 bits per heavy atom. The highest BCUT2D eigenvalue weighted by molar-refractivity contribution is 6.46. The average Bonchev–Trinajstić information content (AvgIpc) is 3.35. The van der Waals surface area contributed by atoms with E-state index in [1.165, 1.54) is 12.1 Å². The molecule has 31 heavy (non-hydrogen) atoms. The van der Waals surface area contributed by atoms with E-state index in [9.17, 15) is 19.1 Å². The fourth-order valence-electron chi connectivity index (χ4n) is 4.53. The first-order chi connectivity index (χ1) is 14.9.